The summed E-state index contributed by atoms with van der Waals surface area (Å²) in [6.45, 7) is 5.49. The Kier molecular flexibility index (Phi) is 5.74. The molecule has 0 saturated carbocycles. The van der Waals surface area contributed by atoms with Crippen LogP contribution in [0.5, 0.6) is 0 Å². The molecule has 0 spiro atoms. The normalized spacial score (nSPS) is 32.7. The van der Waals surface area contributed by atoms with E-state index in [1.165, 1.54) is 37.7 Å². The van der Waals surface area contributed by atoms with Crippen molar-refractivity contribution in [2.24, 2.45) is 11.8 Å². The third-order valence-electron chi connectivity index (χ3n) is 3.98. The minimum Gasteiger partial charge on any atom is -0.373 e. The van der Waals surface area contributed by atoms with Crippen LogP contribution < -0.4 is 0 Å². The van der Waals surface area contributed by atoms with E-state index in [-0.39, 0.29) is 0 Å². The number of hydrogen-bond donors (Lipinski definition) is 0. The number of hydrogen-bond acceptors (Lipinski definition) is 1. The first-order valence-electron chi connectivity index (χ1n) is 7.29. The van der Waals surface area contributed by atoms with E-state index in [0.29, 0.717) is 17.9 Å². The van der Waals surface area contributed by atoms with Gasteiger partial charge in [0.25, 0.3) is 0 Å². The van der Waals surface area contributed by atoms with Crippen molar-refractivity contribution in [3.8, 4) is 0 Å². The van der Waals surface area contributed by atoms with E-state index in [2.05, 4.69) is 54.7 Å². The summed E-state index contributed by atoms with van der Waals surface area (Å²) in [7, 11) is 0. The SMILES string of the molecule is CC(C)C1=CCC(I)C[C@@H]1OC[C@H]1C=CCCC1. The van der Waals surface area contributed by atoms with Crippen molar-refractivity contribution in [3.05, 3.63) is 23.8 Å². The monoisotopic (exact) mass is 360 g/mol. The van der Waals surface area contributed by atoms with Crippen LogP contribution in [0, 0.1) is 11.8 Å². The highest BCUT2D eigenvalue weighted by Gasteiger charge is 2.25. The maximum Gasteiger partial charge on any atom is 0.0797 e. The first-order valence-corrected chi connectivity index (χ1v) is 8.53. The van der Waals surface area contributed by atoms with Crippen LogP contribution in [0.1, 0.15) is 46.0 Å². The maximum absolute atomic E-state index is 6.24. The van der Waals surface area contributed by atoms with Crippen molar-refractivity contribution in [3.63, 3.8) is 0 Å². The molecule has 0 fully saturated rings. The second kappa shape index (κ2) is 7.09. The van der Waals surface area contributed by atoms with Crippen LogP contribution in [0.15, 0.2) is 23.8 Å². The Bertz CT molecular complexity index is 319. The third-order valence-corrected chi connectivity index (χ3v) is 5.00. The zero-order valence-corrected chi connectivity index (χ0v) is 13.7. The molecule has 0 radical (unpaired) electrons. The van der Waals surface area contributed by atoms with Gasteiger partial charge in [-0.05, 0) is 43.6 Å². The van der Waals surface area contributed by atoms with E-state index in [9.17, 15) is 0 Å². The predicted molar refractivity (Wildman–Crippen MR) is 86.2 cm³/mol. The van der Waals surface area contributed by atoms with Crippen LogP contribution in [0.3, 0.4) is 0 Å². The highest BCUT2D eigenvalue weighted by molar-refractivity contribution is 14.1. The first kappa shape index (κ1) is 14.6. The molecule has 3 atom stereocenters. The fraction of sp³-hybridized carbons (Fsp3) is 0.750. The van der Waals surface area contributed by atoms with Crippen LogP contribution >= 0.6 is 22.6 Å². The van der Waals surface area contributed by atoms with Gasteiger partial charge in [0.2, 0.25) is 0 Å². The lowest BCUT2D eigenvalue weighted by Gasteiger charge is -2.31. The van der Waals surface area contributed by atoms with Crippen LogP contribution in [0.2, 0.25) is 0 Å². The first-order chi connectivity index (χ1) is 8.66. The molecule has 18 heavy (non-hydrogen) atoms. The molecule has 0 bridgehead atoms. The molecular formula is C16H25IO. The van der Waals surface area contributed by atoms with Crippen LogP contribution in [-0.2, 0) is 4.74 Å². The molecule has 0 heterocycles. The lowest BCUT2D eigenvalue weighted by Crippen LogP contribution is -2.28. The van der Waals surface area contributed by atoms with E-state index in [1.807, 2.05) is 0 Å². The highest BCUT2D eigenvalue weighted by Crippen LogP contribution is 2.31. The minimum absolute atomic E-state index is 0.371. The van der Waals surface area contributed by atoms with Gasteiger partial charge >= 0.3 is 0 Å². The highest BCUT2D eigenvalue weighted by atomic mass is 127. The summed E-state index contributed by atoms with van der Waals surface area (Å²) < 4.78 is 6.99. The minimum atomic E-state index is 0.371. The zero-order valence-electron chi connectivity index (χ0n) is 11.6. The average Bonchev–Trinajstić information content (AvgIpc) is 2.37. The van der Waals surface area contributed by atoms with Gasteiger partial charge in [-0.25, -0.2) is 0 Å². The number of ether oxygens (including phenoxy) is 1. The standard InChI is InChI=1S/C16H25IO/c1-12(2)15-9-8-14(17)10-16(15)18-11-13-6-4-3-5-7-13/h4,6,9,12-14,16H,3,5,7-8,10-11H2,1-2H3/t13-,14?,16-/m0/s1. The van der Waals surface area contributed by atoms with Gasteiger partial charge in [-0.1, -0.05) is 54.7 Å². The van der Waals surface area contributed by atoms with Gasteiger partial charge in [0, 0.05) is 9.84 Å². The Hall–Kier alpha value is 0.170. The summed E-state index contributed by atoms with van der Waals surface area (Å²) in [4.78, 5) is 0. The maximum atomic E-state index is 6.24. The largest absolute Gasteiger partial charge is 0.373 e. The summed E-state index contributed by atoms with van der Waals surface area (Å²) in [5.41, 5.74) is 1.53. The molecule has 0 amide bonds. The smallest absolute Gasteiger partial charge is 0.0797 e. The summed E-state index contributed by atoms with van der Waals surface area (Å²) >= 11 is 2.56. The van der Waals surface area contributed by atoms with E-state index in [0.717, 1.165) is 10.5 Å². The van der Waals surface area contributed by atoms with Gasteiger partial charge in [-0.2, -0.15) is 0 Å². The van der Waals surface area contributed by atoms with E-state index in [4.69, 9.17) is 4.74 Å². The van der Waals surface area contributed by atoms with Gasteiger partial charge in [0.1, 0.15) is 0 Å². The number of rotatable bonds is 4. The molecule has 0 aromatic heterocycles. The Labute approximate surface area is 125 Å². The van der Waals surface area contributed by atoms with Gasteiger partial charge in [0.05, 0.1) is 12.7 Å². The molecule has 2 aliphatic carbocycles. The number of alkyl halides is 1. The zero-order chi connectivity index (χ0) is 13.0. The third kappa shape index (κ3) is 4.09. The molecule has 2 rings (SSSR count). The summed E-state index contributed by atoms with van der Waals surface area (Å²) in [5.74, 6) is 1.28. The molecule has 2 heteroatoms. The van der Waals surface area contributed by atoms with Gasteiger partial charge in [-0.3, -0.25) is 0 Å². The lowest BCUT2D eigenvalue weighted by molar-refractivity contribution is 0.0450. The Morgan fingerprint density at radius 1 is 1.44 bits per heavy atom. The number of allylic oxidation sites excluding steroid dienone is 2. The van der Waals surface area contributed by atoms with Crippen molar-refractivity contribution in [2.75, 3.05) is 6.61 Å². The summed E-state index contributed by atoms with van der Waals surface area (Å²) in [6, 6.07) is 0. The van der Waals surface area contributed by atoms with Gasteiger partial charge in [-0.15, -0.1) is 0 Å². The van der Waals surface area contributed by atoms with Crippen molar-refractivity contribution in [2.45, 2.75) is 56.0 Å². The molecule has 0 N–H and O–H groups in total. The summed E-state index contributed by atoms with van der Waals surface area (Å²) in [5, 5.41) is 0. The van der Waals surface area contributed by atoms with Gasteiger partial charge < -0.3 is 4.74 Å². The van der Waals surface area contributed by atoms with Crippen molar-refractivity contribution < 1.29 is 4.74 Å². The van der Waals surface area contributed by atoms with Crippen LogP contribution in [0.25, 0.3) is 0 Å². The molecule has 2 aliphatic rings. The second-order valence-corrected chi connectivity index (χ2v) is 7.63. The molecule has 1 unspecified atom stereocenters. The van der Waals surface area contributed by atoms with Crippen molar-refractivity contribution >= 4 is 22.6 Å². The van der Waals surface area contributed by atoms with Crippen LogP contribution in [0.4, 0.5) is 0 Å². The molecule has 102 valence electrons. The lowest BCUT2D eigenvalue weighted by atomic mass is 9.88. The molecule has 0 saturated heterocycles. The Morgan fingerprint density at radius 2 is 2.28 bits per heavy atom. The Balaban J connectivity index is 1.89. The fourth-order valence-electron chi connectivity index (χ4n) is 2.89. The van der Waals surface area contributed by atoms with Crippen molar-refractivity contribution in [1.29, 1.82) is 0 Å². The topological polar surface area (TPSA) is 9.23 Å². The van der Waals surface area contributed by atoms with Crippen molar-refractivity contribution in [1.82, 2.24) is 0 Å². The molecule has 0 aromatic rings. The van der Waals surface area contributed by atoms with E-state index >= 15 is 0 Å². The molecule has 1 nitrogen and oxygen atoms in total. The fourth-order valence-corrected chi connectivity index (χ4v) is 3.61. The average molecular weight is 360 g/mol. The Morgan fingerprint density at radius 3 is 2.94 bits per heavy atom. The predicted octanol–water partition coefficient (Wildman–Crippen LogP) is 4.91. The summed E-state index contributed by atoms with van der Waals surface area (Å²) in [6.07, 6.45) is 13.8. The van der Waals surface area contributed by atoms with E-state index in [1.54, 1.807) is 0 Å². The second-order valence-electron chi connectivity index (χ2n) is 5.87. The number of halogens is 1. The molecule has 0 aromatic carbocycles. The van der Waals surface area contributed by atoms with Gasteiger partial charge in [0.15, 0.2) is 0 Å². The molecular weight excluding hydrogens is 335 g/mol. The van der Waals surface area contributed by atoms with Crippen LogP contribution in [-0.4, -0.2) is 16.6 Å². The molecule has 0 aliphatic heterocycles. The quantitative estimate of drug-likeness (QED) is 0.393. The van der Waals surface area contributed by atoms with E-state index < -0.39 is 0 Å².